The van der Waals surface area contributed by atoms with E-state index in [1.165, 1.54) is 0 Å². The second kappa shape index (κ2) is 15.0. The van der Waals surface area contributed by atoms with Crippen molar-refractivity contribution < 1.29 is 42.8 Å². The second-order valence-electron chi connectivity index (χ2n) is 14.8. The molecule has 1 aliphatic rings. The zero-order valence-electron chi connectivity index (χ0n) is 28.8. The summed E-state index contributed by atoms with van der Waals surface area (Å²) in [7, 11) is 0. The van der Waals surface area contributed by atoms with Crippen LogP contribution in [0.4, 0.5) is 4.79 Å². The number of rotatable bonds is 12. The monoisotopic (exact) mass is 621 g/mol. The van der Waals surface area contributed by atoms with E-state index in [2.05, 4.69) is 12.2 Å². The molecule has 1 fully saturated rings. The number of hydrogen-bond donors (Lipinski definition) is 1. The van der Waals surface area contributed by atoms with Gasteiger partial charge in [-0.2, -0.15) is 0 Å². The minimum absolute atomic E-state index is 0.0341. The Kier molecular flexibility index (Phi) is 12.7. The first-order valence-electron chi connectivity index (χ1n) is 15.6. The lowest BCUT2D eigenvalue weighted by atomic mass is 9.92. The molecule has 0 saturated carbocycles. The summed E-state index contributed by atoms with van der Waals surface area (Å²) in [6.07, 6.45) is 0.670. The maximum absolute atomic E-state index is 13.3. The van der Waals surface area contributed by atoms with Crippen molar-refractivity contribution in [2.24, 2.45) is 5.92 Å². The van der Waals surface area contributed by atoms with Gasteiger partial charge in [0.2, 0.25) is 0 Å². The fourth-order valence-corrected chi connectivity index (χ4v) is 4.71. The highest BCUT2D eigenvalue weighted by molar-refractivity contribution is 5.82. The van der Waals surface area contributed by atoms with E-state index in [1.54, 1.807) is 41.5 Å². The molecule has 1 heterocycles. The third-order valence-corrected chi connectivity index (χ3v) is 6.43. The van der Waals surface area contributed by atoms with Crippen LogP contribution < -0.4 is 10.1 Å². The first kappa shape index (κ1) is 37.3. The van der Waals surface area contributed by atoms with Crippen molar-refractivity contribution >= 4 is 18.0 Å². The molecule has 1 N–H and O–H groups in total. The molecule has 4 atom stereocenters. The second-order valence-corrected chi connectivity index (χ2v) is 14.8. The van der Waals surface area contributed by atoms with Crippen molar-refractivity contribution in [2.45, 2.75) is 150 Å². The Morgan fingerprint density at radius 2 is 1.32 bits per heavy atom. The molecule has 1 amide bonds. The fraction of sp³-hybridized carbons (Fsp3) is 0.735. The van der Waals surface area contributed by atoms with Crippen LogP contribution >= 0.6 is 0 Å². The van der Waals surface area contributed by atoms with Gasteiger partial charge >= 0.3 is 18.0 Å². The standard InChI is InChI=1S/C34H55NO9/c1-13-26-27(41-34(11,12)40-26)21-39-24-17-14-22(15-18-24)20-23(28(36)42-31(2,3)4)16-19-25(29(37)43-32(5,6)7)35-30(38)44-33(8,9)10/h14-15,17-18,23,25-27H,13,16,19-21H2,1-12H3,(H,35,38)/t23?,25-,26-,27-/m0/s1. The molecule has 250 valence electrons. The normalized spacial score (nSPS) is 19.9. The van der Waals surface area contributed by atoms with Crippen LogP contribution in [-0.4, -0.2) is 65.5 Å². The smallest absolute Gasteiger partial charge is 0.408 e. The summed E-state index contributed by atoms with van der Waals surface area (Å²) >= 11 is 0. The highest BCUT2D eigenvalue weighted by Gasteiger charge is 2.40. The van der Waals surface area contributed by atoms with Crippen LogP contribution in [0, 0.1) is 5.92 Å². The number of carbonyl (C=O) groups is 3. The van der Waals surface area contributed by atoms with Crippen LogP contribution in [0.2, 0.25) is 0 Å². The first-order chi connectivity index (χ1) is 20.1. The average Bonchev–Trinajstić information content (AvgIpc) is 3.15. The Labute approximate surface area is 263 Å². The highest BCUT2D eigenvalue weighted by atomic mass is 16.8. The van der Waals surface area contributed by atoms with Crippen molar-refractivity contribution in [1.82, 2.24) is 5.32 Å². The number of benzene rings is 1. The van der Waals surface area contributed by atoms with E-state index in [9.17, 15) is 14.4 Å². The van der Waals surface area contributed by atoms with Gasteiger partial charge in [-0.3, -0.25) is 4.79 Å². The molecule has 1 aromatic rings. The average molecular weight is 622 g/mol. The Morgan fingerprint density at radius 3 is 1.84 bits per heavy atom. The number of esters is 2. The largest absolute Gasteiger partial charge is 0.491 e. The first-order valence-corrected chi connectivity index (χ1v) is 15.6. The van der Waals surface area contributed by atoms with Gasteiger partial charge in [0.05, 0.1) is 12.0 Å². The summed E-state index contributed by atoms with van der Waals surface area (Å²) in [5, 5.41) is 2.64. The van der Waals surface area contributed by atoms with Crippen molar-refractivity contribution in [3.8, 4) is 5.75 Å². The van der Waals surface area contributed by atoms with Crippen LogP contribution in [0.25, 0.3) is 0 Å². The van der Waals surface area contributed by atoms with Gasteiger partial charge in [0.15, 0.2) is 5.79 Å². The van der Waals surface area contributed by atoms with E-state index >= 15 is 0 Å². The fourth-order valence-electron chi connectivity index (χ4n) is 4.71. The van der Waals surface area contributed by atoms with E-state index in [0.29, 0.717) is 18.8 Å². The van der Waals surface area contributed by atoms with Gasteiger partial charge in [0.1, 0.15) is 41.3 Å². The number of carbonyl (C=O) groups excluding carboxylic acids is 3. The third-order valence-electron chi connectivity index (χ3n) is 6.43. The van der Waals surface area contributed by atoms with Crippen molar-refractivity contribution in [1.29, 1.82) is 0 Å². The van der Waals surface area contributed by atoms with Crippen LogP contribution in [-0.2, 0) is 39.7 Å². The molecule has 1 aromatic carbocycles. The Morgan fingerprint density at radius 1 is 0.795 bits per heavy atom. The lowest BCUT2D eigenvalue weighted by Gasteiger charge is -2.28. The predicted octanol–water partition coefficient (Wildman–Crippen LogP) is 6.51. The van der Waals surface area contributed by atoms with Crippen LogP contribution in [0.3, 0.4) is 0 Å². The molecule has 0 spiro atoms. The van der Waals surface area contributed by atoms with E-state index in [4.69, 9.17) is 28.4 Å². The van der Waals surface area contributed by atoms with Crippen LogP contribution in [0.5, 0.6) is 5.75 Å². The molecule has 2 rings (SSSR count). The van der Waals surface area contributed by atoms with Crippen molar-refractivity contribution in [3.05, 3.63) is 29.8 Å². The molecule has 1 aliphatic heterocycles. The molecule has 1 saturated heterocycles. The minimum atomic E-state index is -1.01. The van der Waals surface area contributed by atoms with Crippen LogP contribution in [0.1, 0.15) is 108 Å². The predicted molar refractivity (Wildman–Crippen MR) is 167 cm³/mol. The Hall–Kier alpha value is -2.85. The molecule has 0 bridgehead atoms. The zero-order valence-corrected chi connectivity index (χ0v) is 28.8. The third kappa shape index (κ3) is 13.8. The van der Waals surface area contributed by atoms with Crippen molar-refractivity contribution in [2.75, 3.05) is 6.61 Å². The summed E-state index contributed by atoms with van der Waals surface area (Å²) in [5.41, 5.74) is -1.30. The molecule has 10 nitrogen and oxygen atoms in total. The van der Waals surface area contributed by atoms with Gasteiger partial charge in [-0.1, -0.05) is 19.1 Å². The van der Waals surface area contributed by atoms with Crippen LogP contribution in [0.15, 0.2) is 24.3 Å². The van der Waals surface area contributed by atoms with Gasteiger partial charge in [0, 0.05) is 0 Å². The lowest BCUT2D eigenvalue weighted by Crippen LogP contribution is -2.46. The van der Waals surface area contributed by atoms with Gasteiger partial charge in [-0.05, 0) is 120 Å². The maximum Gasteiger partial charge on any atom is 0.408 e. The van der Waals surface area contributed by atoms with E-state index in [-0.39, 0.29) is 31.0 Å². The molecule has 1 unspecified atom stereocenters. The van der Waals surface area contributed by atoms with Gasteiger partial charge in [-0.25, -0.2) is 9.59 Å². The number of ether oxygens (including phenoxy) is 6. The Bertz CT molecular complexity index is 1090. The molecule has 0 aromatic heterocycles. The summed E-state index contributed by atoms with van der Waals surface area (Å²) in [4.78, 5) is 38.9. The van der Waals surface area contributed by atoms with E-state index in [0.717, 1.165) is 12.0 Å². The van der Waals surface area contributed by atoms with Gasteiger partial charge in [-0.15, -0.1) is 0 Å². The number of alkyl carbamates (subject to hydrolysis) is 1. The van der Waals surface area contributed by atoms with Gasteiger partial charge in [0.25, 0.3) is 0 Å². The molecule has 44 heavy (non-hydrogen) atoms. The van der Waals surface area contributed by atoms with E-state index in [1.807, 2.05) is 58.9 Å². The summed E-state index contributed by atoms with van der Waals surface area (Å²) in [6.45, 7) is 22.1. The summed E-state index contributed by atoms with van der Waals surface area (Å²) in [6, 6.07) is 6.52. The lowest BCUT2D eigenvalue weighted by molar-refractivity contribution is -0.162. The minimum Gasteiger partial charge on any atom is -0.491 e. The zero-order chi connectivity index (χ0) is 33.5. The van der Waals surface area contributed by atoms with Gasteiger partial charge < -0.3 is 33.7 Å². The van der Waals surface area contributed by atoms with E-state index < -0.39 is 46.6 Å². The topological polar surface area (TPSA) is 119 Å². The SMILES string of the molecule is CC[C@@H]1OC(C)(C)O[C@H]1COc1ccc(CC(CC[C@H](NC(=O)OC(C)(C)C)C(=O)OC(C)(C)C)C(=O)OC(C)(C)C)cc1. The number of amides is 1. The highest BCUT2D eigenvalue weighted by Crippen LogP contribution is 2.30. The van der Waals surface area contributed by atoms with Crippen molar-refractivity contribution in [3.63, 3.8) is 0 Å². The quantitative estimate of drug-likeness (QED) is 0.206. The molecular formula is C34H55NO9. The summed E-state index contributed by atoms with van der Waals surface area (Å²) < 4.78 is 34.6. The summed E-state index contributed by atoms with van der Waals surface area (Å²) in [5.74, 6) is -1.52. The number of nitrogens with one attached hydrogen (secondary N) is 1. The molecule has 10 heteroatoms. The Balaban J connectivity index is 2.15. The molecule has 0 radical (unpaired) electrons. The molecular weight excluding hydrogens is 566 g/mol. The molecule has 0 aliphatic carbocycles. The maximum atomic E-state index is 13.3. The number of hydrogen-bond acceptors (Lipinski definition) is 9.